The zero-order chi connectivity index (χ0) is 23.0. The number of hydrogen-bond acceptors (Lipinski definition) is 4. The third-order valence-corrected chi connectivity index (χ3v) is 6.26. The van der Waals surface area contributed by atoms with Crippen LogP contribution in [0.25, 0.3) is 0 Å². The fourth-order valence-corrected chi connectivity index (χ4v) is 4.31. The maximum atomic E-state index is 13.0. The Balaban J connectivity index is 1.78. The molecule has 1 aliphatic rings. The van der Waals surface area contributed by atoms with Crippen LogP contribution in [0.5, 0.6) is 0 Å². The van der Waals surface area contributed by atoms with Gasteiger partial charge in [-0.3, -0.25) is 15.0 Å². The number of thiazole rings is 1. The highest BCUT2D eigenvalue weighted by atomic mass is 32.1. The highest BCUT2D eigenvalue weighted by Crippen LogP contribution is 2.36. The van der Waals surface area contributed by atoms with E-state index in [0.717, 1.165) is 30.8 Å². The second-order valence-corrected chi connectivity index (χ2v) is 8.82. The van der Waals surface area contributed by atoms with E-state index >= 15 is 0 Å². The Morgan fingerprint density at radius 2 is 1.65 bits per heavy atom. The summed E-state index contributed by atoms with van der Waals surface area (Å²) in [5, 5.41) is 2.47. The first kappa shape index (κ1) is 23.5. The highest BCUT2D eigenvalue weighted by Gasteiger charge is 2.37. The molecule has 0 radical (unpaired) electrons. The molecule has 1 fully saturated rings. The monoisotopic (exact) mass is 465 g/mol. The van der Waals surface area contributed by atoms with Gasteiger partial charge in [0, 0.05) is 17.0 Å². The largest absolute Gasteiger partial charge is 0.416 e. The molecule has 0 aliphatic carbocycles. The van der Waals surface area contributed by atoms with E-state index in [1.165, 1.54) is 11.3 Å². The van der Waals surface area contributed by atoms with Crippen LogP contribution in [-0.4, -0.2) is 28.9 Å². The first-order chi connectivity index (χ1) is 14.3. The van der Waals surface area contributed by atoms with Gasteiger partial charge in [0.2, 0.25) is 0 Å². The van der Waals surface area contributed by atoms with Crippen LogP contribution in [0.4, 0.5) is 31.5 Å². The summed E-state index contributed by atoms with van der Waals surface area (Å²) < 4.78 is 78.1. The molecule has 170 valence electrons. The first-order valence-electron chi connectivity index (χ1n) is 9.62. The Morgan fingerprint density at radius 1 is 1.10 bits per heavy atom. The van der Waals surface area contributed by atoms with Gasteiger partial charge in [-0.2, -0.15) is 26.3 Å². The van der Waals surface area contributed by atoms with Crippen molar-refractivity contribution >= 4 is 22.4 Å². The molecule has 0 unspecified atom stereocenters. The van der Waals surface area contributed by atoms with Gasteiger partial charge in [-0.25, -0.2) is 4.98 Å². The topological polar surface area (TPSA) is 45.2 Å². The summed E-state index contributed by atoms with van der Waals surface area (Å²) in [4.78, 5) is 19.8. The predicted molar refractivity (Wildman–Crippen MR) is 105 cm³/mol. The van der Waals surface area contributed by atoms with Gasteiger partial charge < -0.3 is 0 Å². The van der Waals surface area contributed by atoms with Crippen LogP contribution in [0.15, 0.2) is 18.2 Å². The number of anilines is 1. The van der Waals surface area contributed by atoms with E-state index in [0.29, 0.717) is 30.3 Å². The molecular weight excluding hydrogens is 444 g/mol. The van der Waals surface area contributed by atoms with Gasteiger partial charge in [-0.05, 0) is 57.0 Å². The maximum Gasteiger partial charge on any atom is 0.416 e. The Hall–Kier alpha value is -2.14. The number of carbonyl (C=O) groups is 1. The minimum Gasteiger partial charge on any atom is -0.298 e. The lowest BCUT2D eigenvalue weighted by molar-refractivity contribution is -0.143. The summed E-state index contributed by atoms with van der Waals surface area (Å²) >= 11 is 1.17. The van der Waals surface area contributed by atoms with E-state index in [1.54, 1.807) is 6.92 Å². The predicted octanol–water partition coefficient (Wildman–Crippen LogP) is 5.97. The number of rotatable bonds is 4. The van der Waals surface area contributed by atoms with Crippen molar-refractivity contribution < 1.29 is 31.1 Å². The van der Waals surface area contributed by atoms with E-state index in [4.69, 9.17) is 0 Å². The number of aromatic nitrogens is 1. The summed E-state index contributed by atoms with van der Waals surface area (Å²) in [6, 6.07) is 0.795. The molecule has 0 saturated carbocycles. The number of alkyl halides is 6. The van der Waals surface area contributed by atoms with Gasteiger partial charge in [0.15, 0.2) is 5.13 Å². The molecule has 2 aromatic rings. The van der Waals surface area contributed by atoms with Gasteiger partial charge in [-0.15, -0.1) is 11.3 Å². The number of amides is 1. The third-order valence-electron chi connectivity index (χ3n) is 5.21. The van der Waals surface area contributed by atoms with Gasteiger partial charge >= 0.3 is 12.4 Å². The summed E-state index contributed by atoms with van der Waals surface area (Å²) in [6.07, 6.45) is -7.88. The van der Waals surface area contributed by atoms with Crippen molar-refractivity contribution in [3.63, 3.8) is 0 Å². The van der Waals surface area contributed by atoms with Gasteiger partial charge in [0.1, 0.15) is 0 Å². The number of hydrogen-bond donors (Lipinski definition) is 1. The van der Waals surface area contributed by atoms with Crippen LogP contribution in [0.3, 0.4) is 0 Å². The van der Waals surface area contributed by atoms with Crippen molar-refractivity contribution in [2.75, 3.05) is 18.4 Å². The molecule has 0 spiro atoms. The third kappa shape index (κ3) is 5.97. The van der Waals surface area contributed by atoms with Crippen LogP contribution in [0.2, 0.25) is 0 Å². The molecule has 1 saturated heterocycles. The number of nitrogens with zero attached hydrogens (tertiary/aromatic N) is 2. The average Bonchev–Trinajstić information content (AvgIpc) is 3.00. The van der Waals surface area contributed by atoms with Crippen molar-refractivity contribution in [3.8, 4) is 0 Å². The average molecular weight is 465 g/mol. The van der Waals surface area contributed by atoms with Crippen molar-refractivity contribution in [1.29, 1.82) is 0 Å². The molecule has 31 heavy (non-hydrogen) atoms. The molecule has 1 aliphatic heterocycles. The molecule has 2 heterocycles. The molecule has 1 N–H and O–H groups in total. The van der Waals surface area contributed by atoms with Crippen molar-refractivity contribution in [3.05, 3.63) is 45.5 Å². The van der Waals surface area contributed by atoms with E-state index in [1.807, 2.05) is 0 Å². The normalized spacial score (nSPS) is 16.5. The minimum atomic E-state index is -5.02. The van der Waals surface area contributed by atoms with Crippen molar-refractivity contribution in [1.82, 2.24) is 9.88 Å². The van der Waals surface area contributed by atoms with E-state index in [-0.39, 0.29) is 11.2 Å². The Morgan fingerprint density at radius 3 is 2.16 bits per heavy atom. The molecule has 4 nitrogen and oxygen atoms in total. The smallest absolute Gasteiger partial charge is 0.298 e. The molecular formula is C20H21F6N3OS. The SMILES string of the molecule is Cc1nc(NC(=O)c2cc(C(F)(F)F)cc(C(F)(F)F)c2)sc1CN1CCC(C)CC1. The zero-order valence-electron chi connectivity index (χ0n) is 16.8. The number of piperidine rings is 1. The molecule has 0 bridgehead atoms. The number of carbonyl (C=O) groups excluding carboxylic acids is 1. The van der Waals surface area contributed by atoms with Crippen molar-refractivity contribution in [2.24, 2.45) is 5.92 Å². The summed E-state index contributed by atoms with van der Waals surface area (Å²) in [5.74, 6) is -0.411. The van der Waals surface area contributed by atoms with Crippen LogP contribution in [0, 0.1) is 12.8 Å². The van der Waals surface area contributed by atoms with E-state index in [9.17, 15) is 31.1 Å². The second-order valence-electron chi connectivity index (χ2n) is 7.73. The fourth-order valence-electron chi connectivity index (χ4n) is 3.31. The lowest BCUT2D eigenvalue weighted by Crippen LogP contribution is -2.32. The summed E-state index contributed by atoms with van der Waals surface area (Å²) in [7, 11) is 0. The van der Waals surface area contributed by atoms with Gasteiger partial charge in [0.25, 0.3) is 5.91 Å². The van der Waals surface area contributed by atoms with Gasteiger partial charge in [0.05, 0.1) is 16.8 Å². The molecule has 1 amide bonds. The first-order valence-corrected chi connectivity index (χ1v) is 10.4. The number of nitrogens with one attached hydrogen (secondary N) is 1. The van der Waals surface area contributed by atoms with E-state index in [2.05, 4.69) is 22.1 Å². The van der Waals surface area contributed by atoms with Crippen LogP contribution in [-0.2, 0) is 18.9 Å². The highest BCUT2D eigenvalue weighted by molar-refractivity contribution is 7.15. The Bertz CT molecular complexity index is 913. The lowest BCUT2D eigenvalue weighted by Gasteiger charge is -2.29. The molecule has 11 heteroatoms. The fraction of sp³-hybridized carbons (Fsp3) is 0.500. The van der Waals surface area contributed by atoms with Crippen LogP contribution < -0.4 is 5.32 Å². The number of aryl methyl sites for hydroxylation is 1. The molecule has 1 aromatic heterocycles. The van der Waals surface area contributed by atoms with Crippen LogP contribution >= 0.6 is 11.3 Å². The zero-order valence-corrected chi connectivity index (χ0v) is 17.6. The Kier molecular flexibility index (Phi) is 6.66. The number of halogens is 6. The Labute approximate surface area is 179 Å². The van der Waals surface area contributed by atoms with Gasteiger partial charge in [-0.1, -0.05) is 6.92 Å². The minimum absolute atomic E-state index is 0.0120. The second kappa shape index (κ2) is 8.78. The van der Waals surface area contributed by atoms with Crippen molar-refractivity contribution in [2.45, 2.75) is 45.6 Å². The molecule has 3 rings (SSSR count). The van der Waals surface area contributed by atoms with E-state index < -0.39 is 35.0 Å². The molecule has 1 aromatic carbocycles. The standard InChI is InChI=1S/C20H21F6N3OS/c1-11-3-5-29(6-4-11)10-16-12(2)27-18(31-16)28-17(30)13-7-14(19(21,22)23)9-15(8-13)20(24,25)26/h7-9,11H,3-6,10H2,1-2H3,(H,27,28,30). The maximum absolute atomic E-state index is 13.0. The number of likely N-dealkylation sites (tertiary alicyclic amines) is 1. The number of benzene rings is 1. The summed E-state index contributed by atoms with van der Waals surface area (Å²) in [6.45, 7) is 6.45. The summed E-state index contributed by atoms with van der Waals surface area (Å²) in [5.41, 5.74) is -3.15. The quantitative estimate of drug-likeness (QED) is 0.566. The lowest BCUT2D eigenvalue weighted by atomic mass is 9.99. The molecule has 0 atom stereocenters. The van der Waals surface area contributed by atoms with Crippen LogP contribution in [0.1, 0.15) is 51.8 Å².